The summed E-state index contributed by atoms with van der Waals surface area (Å²) in [6.45, 7) is 21.1. The zero-order valence-electron chi connectivity index (χ0n) is 30.6. The van der Waals surface area contributed by atoms with Crippen LogP contribution in [0.25, 0.3) is 52.3 Å². The van der Waals surface area contributed by atoms with Crippen LogP contribution in [0.1, 0.15) is 98.4 Å². The maximum Gasteiger partial charge on any atom is 0.164 e. The van der Waals surface area contributed by atoms with Gasteiger partial charge in [0.05, 0.1) is 0 Å². The van der Waals surface area contributed by atoms with Crippen LogP contribution in [-0.2, 0) is 30.3 Å². The van der Waals surface area contributed by atoms with Gasteiger partial charge in [0, 0.05) is 73.3 Å². The molecule has 6 aromatic rings. The number of carbonyl (C=O) groups excluding carboxylic acids is 1. The van der Waals surface area contributed by atoms with E-state index in [1.807, 2.05) is 70.4 Å². The number of hydrogen-bond acceptors (Lipinski definition) is 5. The average molecular weight is 869 g/mol. The van der Waals surface area contributed by atoms with Gasteiger partial charge in [0.25, 0.3) is 0 Å². The molecular weight excluding hydrogens is 819 g/mol. The molecule has 3 nitrogen and oxygen atoms in total. The van der Waals surface area contributed by atoms with Gasteiger partial charge in [-0.1, -0.05) is 91.5 Å². The van der Waals surface area contributed by atoms with E-state index in [9.17, 15) is 9.90 Å². The summed E-state index contributed by atoms with van der Waals surface area (Å²) in [7, 11) is 0. The number of thiophene rings is 2. The smallest absolute Gasteiger partial charge is 0.164 e. The first-order valence-electron chi connectivity index (χ1n) is 17.3. The minimum atomic E-state index is -0.337. The van der Waals surface area contributed by atoms with Crippen LogP contribution in [0.15, 0.2) is 72.6 Å². The van der Waals surface area contributed by atoms with Crippen LogP contribution in [0.4, 0.5) is 0 Å². The van der Waals surface area contributed by atoms with Crippen molar-refractivity contribution < 1.29 is 30.0 Å². The quantitative estimate of drug-likeness (QED) is 0.0942. The number of allylic oxidation sites excluding steroid dienone is 2. The number of aliphatic hydroxyl groups excluding tert-OH is 1. The molecular formula is C43H50IrNO2S2-. The maximum absolute atomic E-state index is 12.2. The number of ketones is 1. The molecule has 3 aromatic heterocycles. The van der Waals surface area contributed by atoms with Crippen LogP contribution in [0.5, 0.6) is 0 Å². The van der Waals surface area contributed by atoms with Crippen molar-refractivity contribution in [1.29, 1.82) is 0 Å². The molecule has 1 N–H and O–H groups in total. The van der Waals surface area contributed by atoms with Crippen molar-refractivity contribution in [3.8, 4) is 11.3 Å². The number of fused-ring (bicyclic) bond motifs is 5. The predicted octanol–water partition coefficient (Wildman–Crippen LogP) is 13.5. The first kappa shape index (κ1) is 38.9. The fourth-order valence-electron chi connectivity index (χ4n) is 6.22. The molecule has 6 rings (SSSR count). The maximum atomic E-state index is 12.2. The summed E-state index contributed by atoms with van der Waals surface area (Å²) in [5.41, 5.74) is 2.90. The van der Waals surface area contributed by atoms with E-state index in [2.05, 4.69) is 88.4 Å². The summed E-state index contributed by atoms with van der Waals surface area (Å²) >= 11 is 3.72. The van der Waals surface area contributed by atoms with Gasteiger partial charge in [0.2, 0.25) is 0 Å². The molecule has 0 atom stereocenters. The van der Waals surface area contributed by atoms with Gasteiger partial charge < -0.3 is 5.11 Å². The van der Waals surface area contributed by atoms with Crippen molar-refractivity contribution in [2.24, 2.45) is 10.8 Å². The van der Waals surface area contributed by atoms with Crippen molar-refractivity contribution in [3.63, 3.8) is 0 Å². The number of hydrogen-bond donors (Lipinski definition) is 1. The first-order chi connectivity index (χ1) is 22.7. The van der Waals surface area contributed by atoms with Gasteiger partial charge in [0.15, 0.2) is 5.78 Å². The monoisotopic (exact) mass is 869 g/mol. The van der Waals surface area contributed by atoms with E-state index in [-0.39, 0.29) is 47.9 Å². The second-order valence-electron chi connectivity index (χ2n) is 14.7. The van der Waals surface area contributed by atoms with E-state index in [4.69, 9.17) is 4.98 Å². The summed E-state index contributed by atoms with van der Waals surface area (Å²) in [5, 5.41) is 16.5. The van der Waals surface area contributed by atoms with Crippen LogP contribution in [0, 0.1) is 23.8 Å². The zero-order chi connectivity index (χ0) is 35.0. The summed E-state index contributed by atoms with van der Waals surface area (Å²) in [6.07, 6.45) is 6.71. The molecule has 0 fully saturated rings. The number of aryl methyl sites for hydroxylation is 1. The Morgan fingerprint density at radius 3 is 2.10 bits per heavy atom. The second kappa shape index (κ2) is 15.2. The molecule has 0 aliphatic carbocycles. The Balaban J connectivity index is 0.000000260. The molecule has 261 valence electrons. The Labute approximate surface area is 314 Å². The second-order valence-corrected chi connectivity index (χ2v) is 17.0. The third kappa shape index (κ3) is 7.73. The molecule has 3 aromatic carbocycles. The molecule has 0 saturated carbocycles. The summed E-state index contributed by atoms with van der Waals surface area (Å²) in [6, 6.07) is 23.7. The van der Waals surface area contributed by atoms with E-state index >= 15 is 0 Å². The Morgan fingerprint density at radius 2 is 1.47 bits per heavy atom. The van der Waals surface area contributed by atoms with Gasteiger partial charge in [-0.15, -0.1) is 51.8 Å². The number of carbonyl (C=O) groups is 1. The summed E-state index contributed by atoms with van der Waals surface area (Å²) in [5.74, 6) is 0.286. The number of pyridine rings is 1. The molecule has 0 amide bonds. The third-order valence-corrected chi connectivity index (χ3v) is 12.8. The molecule has 49 heavy (non-hydrogen) atoms. The van der Waals surface area contributed by atoms with Crippen LogP contribution in [0.3, 0.4) is 0 Å². The van der Waals surface area contributed by atoms with Crippen LogP contribution >= 0.6 is 22.7 Å². The molecule has 0 spiro atoms. The molecule has 1 radical (unpaired) electrons. The number of nitrogens with zero attached hydrogens (tertiary/aromatic N) is 1. The van der Waals surface area contributed by atoms with Gasteiger partial charge >= 0.3 is 0 Å². The van der Waals surface area contributed by atoms with E-state index < -0.39 is 0 Å². The molecule has 3 heterocycles. The van der Waals surface area contributed by atoms with E-state index in [1.54, 1.807) is 0 Å². The molecule has 0 aliphatic heterocycles. The van der Waals surface area contributed by atoms with Crippen molar-refractivity contribution in [2.45, 2.75) is 100 Å². The molecule has 6 heteroatoms. The fraction of sp³-hybridized carbons (Fsp3) is 0.395. The van der Waals surface area contributed by atoms with E-state index in [0.29, 0.717) is 0 Å². The Hall–Kier alpha value is -2.89. The third-order valence-electron chi connectivity index (χ3n) is 10.6. The first-order valence-corrected chi connectivity index (χ1v) is 18.9. The zero-order valence-corrected chi connectivity index (χ0v) is 34.7. The van der Waals surface area contributed by atoms with Crippen LogP contribution < -0.4 is 0 Å². The van der Waals surface area contributed by atoms with Gasteiger partial charge in [0.1, 0.15) is 5.76 Å². The average Bonchev–Trinajstić information content (AvgIpc) is 3.63. The Morgan fingerprint density at radius 1 is 0.816 bits per heavy atom. The SMILES string of the molecule is CCC(C)(CC)C(=O)/C=C(\O)C(C)(CC)CC.Cc1cc2cc3sc4c(-c5[c-]c6ccccc6c(C(C)(C)C)c5)nccc4c3cc2s1.[Ir]. The normalized spacial score (nSPS) is 12.7. The van der Waals surface area contributed by atoms with Crippen molar-refractivity contribution in [1.82, 2.24) is 4.98 Å². The van der Waals surface area contributed by atoms with E-state index in [0.717, 1.165) is 42.3 Å². The number of benzene rings is 3. The standard InChI is InChI=1S/C28H22NS2.C15H28O2.Ir/c1-16-11-18-14-25-22(15-24(18)30-16)21-9-10-29-26(27(21)31-25)19-12-17-7-5-6-8-20(17)23(13-19)28(2,3)4;1-7-14(5,8-2)12(16)11-13(17)15(6,9-3)10-4;/h5-11,13-15H,1-4H3;11,16H,7-10H2,1-6H3;/q-1;;/b;12-11-;. The summed E-state index contributed by atoms with van der Waals surface area (Å²) < 4.78 is 3.93. The van der Waals surface area contributed by atoms with Gasteiger partial charge in [-0.05, 0) is 73.1 Å². The topological polar surface area (TPSA) is 50.2 Å². The van der Waals surface area contributed by atoms with Gasteiger partial charge in [-0.2, -0.15) is 0 Å². The minimum absolute atomic E-state index is 0. The van der Waals surface area contributed by atoms with E-state index in [1.165, 1.54) is 52.2 Å². The van der Waals surface area contributed by atoms with Crippen LogP contribution in [0.2, 0.25) is 0 Å². The van der Waals surface area contributed by atoms with Crippen molar-refractivity contribution >= 4 is 69.5 Å². The number of rotatable bonds is 8. The molecule has 0 bridgehead atoms. The summed E-state index contributed by atoms with van der Waals surface area (Å²) in [4.78, 5) is 18.4. The number of aliphatic hydroxyl groups is 1. The molecule has 0 saturated heterocycles. The van der Waals surface area contributed by atoms with Crippen LogP contribution in [-0.4, -0.2) is 15.9 Å². The molecule has 0 unspecified atom stereocenters. The predicted molar refractivity (Wildman–Crippen MR) is 211 cm³/mol. The molecule has 0 aliphatic rings. The van der Waals surface area contributed by atoms with Crippen molar-refractivity contribution in [2.75, 3.05) is 0 Å². The van der Waals surface area contributed by atoms with Gasteiger partial charge in [-0.25, -0.2) is 0 Å². The fourth-order valence-corrected chi connectivity index (χ4v) is 8.40. The Bertz CT molecular complexity index is 2140. The van der Waals surface area contributed by atoms with Crippen molar-refractivity contribution in [3.05, 3.63) is 89.1 Å². The largest absolute Gasteiger partial charge is 0.512 e. The minimum Gasteiger partial charge on any atom is -0.512 e. The van der Waals surface area contributed by atoms with Gasteiger partial charge in [-0.3, -0.25) is 9.78 Å². The Kier molecular flexibility index (Phi) is 12.0. The number of aromatic nitrogens is 1.